The quantitative estimate of drug-likeness (QED) is 0.421. The van der Waals surface area contributed by atoms with E-state index in [-0.39, 0.29) is 24.3 Å². The molecule has 1 fully saturated rings. The Morgan fingerprint density at radius 1 is 1.00 bits per heavy atom. The van der Waals surface area contributed by atoms with Crippen LogP contribution in [0.4, 0.5) is 11.4 Å². The fourth-order valence-electron chi connectivity index (χ4n) is 5.55. The molecule has 1 aromatic heterocycles. The van der Waals surface area contributed by atoms with Crippen LogP contribution >= 0.6 is 0 Å². The summed E-state index contributed by atoms with van der Waals surface area (Å²) in [6.45, 7) is 1.38. The van der Waals surface area contributed by atoms with Gasteiger partial charge in [-0.2, -0.15) is 0 Å². The summed E-state index contributed by atoms with van der Waals surface area (Å²) in [5.41, 5.74) is 4.72. The maximum absolute atomic E-state index is 13.7. The minimum Gasteiger partial charge on any atom is -0.495 e. The Labute approximate surface area is 209 Å². The van der Waals surface area contributed by atoms with Crippen molar-refractivity contribution in [3.8, 4) is 5.75 Å². The Bertz CT molecular complexity index is 1460. The van der Waals surface area contributed by atoms with Crippen molar-refractivity contribution in [2.45, 2.75) is 31.7 Å². The van der Waals surface area contributed by atoms with Gasteiger partial charge in [-0.15, -0.1) is 0 Å². The Morgan fingerprint density at radius 2 is 1.75 bits per heavy atom. The van der Waals surface area contributed by atoms with Crippen molar-refractivity contribution in [1.29, 1.82) is 0 Å². The van der Waals surface area contributed by atoms with Crippen LogP contribution in [-0.2, 0) is 22.6 Å². The van der Waals surface area contributed by atoms with E-state index in [1.807, 2.05) is 76.2 Å². The lowest BCUT2D eigenvalue weighted by molar-refractivity contribution is -0.119. The average molecular weight is 481 g/mol. The van der Waals surface area contributed by atoms with Crippen LogP contribution in [0.3, 0.4) is 0 Å². The molecule has 0 N–H and O–H groups in total. The summed E-state index contributed by atoms with van der Waals surface area (Å²) in [7, 11) is 1.61. The van der Waals surface area contributed by atoms with Gasteiger partial charge in [0.15, 0.2) is 0 Å². The number of methoxy groups -OCH3 is 1. The summed E-state index contributed by atoms with van der Waals surface area (Å²) >= 11 is 0. The number of ether oxygens (including phenoxy) is 1. The second kappa shape index (κ2) is 9.15. The number of imidazole rings is 1. The number of fused-ring (bicyclic) bond motifs is 2. The number of para-hydroxylation sites is 5. The lowest BCUT2D eigenvalue weighted by Crippen LogP contribution is -2.38. The Hall–Kier alpha value is -4.13. The summed E-state index contributed by atoms with van der Waals surface area (Å²) < 4.78 is 7.51. The molecule has 3 heterocycles. The molecule has 0 saturated carbocycles. The number of amides is 2. The largest absolute Gasteiger partial charge is 0.495 e. The summed E-state index contributed by atoms with van der Waals surface area (Å²) in [4.78, 5) is 35.4. The summed E-state index contributed by atoms with van der Waals surface area (Å²) in [6, 6.07) is 23.6. The Kier molecular flexibility index (Phi) is 5.68. The van der Waals surface area contributed by atoms with E-state index in [2.05, 4.69) is 6.07 Å². The van der Waals surface area contributed by atoms with Crippen LogP contribution in [-0.4, -0.2) is 41.6 Å². The van der Waals surface area contributed by atoms with E-state index >= 15 is 0 Å². The highest BCUT2D eigenvalue weighted by Crippen LogP contribution is 2.37. The maximum atomic E-state index is 13.7. The van der Waals surface area contributed by atoms with E-state index in [1.165, 1.54) is 5.56 Å². The minimum absolute atomic E-state index is 0.0272. The second-order valence-corrected chi connectivity index (χ2v) is 9.40. The number of carbonyl (C=O) groups is 2. The van der Waals surface area contributed by atoms with E-state index in [0.29, 0.717) is 25.3 Å². The van der Waals surface area contributed by atoms with Gasteiger partial charge in [0, 0.05) is 31.1 Å². The molecule has 2 aliphatic heterocycles. The van der Waals surface area contributed by atoms with E-state index in [9.17, 15) is 9.59 Å². The molecule has 2 aliphatic rings. The molecule has 7 heteroatoms. The number of hydrogen-bond donors (Lipinski definition) is 0. The zero-order valence-corrected chi connectivity index (χ0v) is 20.3. The third-order valence-corrected chi connectivity index (χ3v) is 7.25. The molecule has 0 bridgehead atoms. The highest BCUT2D eigenvalue weighted by Gasteiger charge is 2.36. The van der Waals surface area contributed by atoms with E-state index in [0.717, 1.165) is 41.1 Å². The SMILES string of the molecule is COc1ccccc1N1CC(c2nc3ccccc3n2CC(=O)N2CCCc3ccccc32)CC1=O. The van der Waals surface area contributed by atoms with Crippen LogP contribution in [0.5, 0.6) is 5.75 Å². The molecule has 36 heavy (non-hydrogen) atoms. The second-order valence-electron chi connectivity index (χ2n) is 9.40. The molecular formula is C29H28N4O3. The van der Waals surface area contributed by atoms with Gasteiger partial charge in [-0.3, -0.25) is 9.59 Å². The predicted molar refractivity (Wildman–Crippen MR) is 140 cm³/mol. The van der Waals surface area contributed by atoms with Crippen LogP contribution in [0.1, 0.15) is 30.1 Å². The normalized spacial score (nSPS) is 17.5. The van der Waals surface area contributed by atoms with Crippen molar-refractivity contribution in [3.63, 3.8) is 0 Å². The summed E-state index contributed by atoms with van der Waals surface area (Å²) in [5.74, 6) is 1.38. The van der Waals surface area contributed by atoms with Gasteiger partial charge in [0.05, 0.1) is 23.8 Å². The van der Waals surface area contributed by atoms with Crippen molar-refractivity contribution < 1.29 is 14.3 Å². The molecule has 0 radical (unpaired) electrons. The molecule has 3 aromatic carbocycles. The number of nitrogens with zero attached hydrogens (tertiary/aromatic N) is 4. The van der Waals surface area contributed by atoms with Gasteiger partial charge in [0.25, 0.3) is 0 Å². The van der Waals surface area contributed by atoms with Gasteiger partial charge >= 0.3 is 0 Å². The third-order valence-electron chi connectivity index (χ3n) is 7.25. The lowest BCUT2D eigenvalue weighted by atomic mass is 10.0. The molecular weight excluding hydrogens is 452 g/mol. The molecule has 4 aromatic rings. The fraction of sp³-hybridized carbons (Fsp3) is 0.276. The molecule has 6 rings (SSSR count). The first kappa shape index (κ1) is 22.3. The van der Waals surface area contributed by atoms with Gasteiger partial charge in [0.1, 0.15) is 18.1 Å². The van der Waals surface area contributed by atoms with Gasteiger partial charge < -0.3 is 19.1 Å². The minimum atomic E-state index is -0.128. The van der Waals surface area contributed by atoms with Crippen molar-refractivity contribution in [2.75, 3.05) is 30.0 Å². The zero-order chi connectivity index (χ0) is 24.6. The smallest absolute Gasteiger partial charge is 0.246 e. The number of aryl methyl sites for hydroxylation is 1. The van der Waals surface area contributed by atoms with Crippen LogP contribution in [0, 0.1) is 0 Å². The number of anilines is 2. The monoisotopic (exact) mass is 480 g/mol. The number of aromatic nitrogens is 2. The molecule has 0 spiro atoms. The zero-order valence-electron chi connectivity index (χ0n) is 20.3. The van der Waals surface area contributed by atoms with Crippen LogP contribution < -0.4 is 14.5 Å². The van der Waals surface area contributed by atoms with E-state index in [1.54, 1.807) is 12.0 Å². The van der Waals surface area contributed by atoms with Crippen molar-refractivity contribution >= 4 is 34.2 Å². The molecule has 0 aliphatic carbocycles. The Morgan fingerprint density at radius 3 is 2.61 bits per heavy atom. The molecule has 1 saturated heterocycles. The summed E-state index contributed by atoms with van der Waals surface area (Å²) in [6.07, 6.45) is 2.27. The molecule has 2 amide bonds. The van der Waals surface area contributed by atoms with Crippen LogP contribution in [0.2, 0.25) is 0 Å². The fourth-order valence-corrected chi connectivity index (χ4v) is 5.55. The van der Waals surface area contributed by atoms with E-state index < -0.39 is 0 Å². The standard InChI is InChI=1S/C29H28N4O3/c1-36-26-15-7-6-14-25(26)32-18-21(17-27(32)34)29-30-22-11-3-5-13-24(22)33(29)19-28(35)31-16-8-10-20-9-2-4-12-23(20)31/h2-7,9,11-15,21H,8,10,16-19H2,1H3. The number of benzene rings is 3. The van der Waals surface area contributed by atoms with Crippen molar-refractivity contribution in [1.82, 2.24) is 9.55 Å². The third kappa shape index (κ3) is 3.81. The molecule has 7 nitrogen and oxygen atoms in total. The number of hydrogen-bond acceptors (Lipinski definition) is 4. The lowest BCUT2D eigenvalue weighted by Gasteiger charge is -2.30. The van der Waals surface area contributed by atoms with Gasteiger partial charge in [-0.25, -0.2) is 4.98 Å². The van der Waals surface area contributed by atoms with Crippen LogP contribution in [0.25, 0.3) is 11.0 Å². The van der Waals surface area contributed by atoms with Crippen molar-refractivity contribution in [3.05, 3.63) is 84.2 Å². The molecule has 182 valence electrons. The summed E-state index contributed by atoms with van der Waals surface area (Å²) in [5, 5.41) is 0. The first-order valence-corrected chi connectivity index (χ1v) is 12.4. The molecule has 1 unspecified atom stereocenters. The van der Waals surface area contributed by atoms with Gasteiger partial charge in [-0.1, -0.05) is 42.5 Å². The molecule has 1 atom stereocenters. The van der Waals surface area contributed by atoms with Crippen LogP contribution in [0.15, 0.2) is 72.8 Å². The van der Waals surface area contributed by atoms with Gasteiger partial charge in [0.2, 0.25) is 11.8 Å². The Balaban J connectivity index is 1.34. The topological polar surface area (TPSA) is 67.7 Å². The predicted octanol–water partition coefficient (Wildman–Crippen LogP) is 4.54. The van der Waals surface area contributed by atoms with Crippen molar-refractivity contribution in [2.24, 2.45) is 0 Å². The average Bonchev–Trinajstić information content (AvgIpc) is 3.48. The van der Waals surface area contributed by atoms with E-state index in [4.69, 9.17) is 9.72 Å². The maximum Gasteiger partial charge on any atom is 0.246 e. The highest BCUT2D eigenvalue weighted by molar-refractivity contribution is 5.98. The first-order chi connectivity index (χ1) is 17.6. The number of rotatable bonds is 5. The highest BCUT2D eigenvalue weighted by atomic mass is 16.5. The van der Waals surface area contributed by atoms with Gasteiger partial charge in [-0.05, 0) is 48.7 Å². The number of carbonyl (C=O) groups excluding carboxylic acids is 2. The first-order valence-electron chi connectivity index (χ1n) is 12.4.